The van der Waals surface area contributed by atoms with E-state index in [1.807, 2.05) is 30.9 Å². The van der Waals surface area contributed by atoms with Crippen molar-refractivity contribution in [1.29, 1.82) is 5.41 Å². The van der Waals surface area contributed by atoms with Crippen molar-refractivity contribution >= 4 is 39.9 Å². The number of carbonyl (C=O) groups is 1. The number of nitrogens with zero attached hydrogens (tertiary/aromatic N) is 3. The van der Waals surface area contributed by atoms with Crippen LogP contribution in [-0.4, -0.2) is 33.0 Å². The van der Waals surface area contributed by atoms with E-state index in [4.69, 9.17) is 5.41 Å². The van der Waals surface area contributed by atoms with Crippen LogP contribution in [0.4, 0.5) is 16.2 Å². The van der Waals surface area contributed by atoms with Gasteiger partial charge in [-0.05, 0) is 62.1 Å². The molecule has 2 aliphatic heterocycles. The second-order valence-electron chi connectivity index (χ2n) is 7.72. The van der Waals surface area contributed by atoms with E-state index in [0.29, 0.717) is 17.9 Å². The highest BCUT2D eigenvalue weighted by Gasteiger charge is 2.34. The van der Waals surface area contributed by atoms with Gasteiger partial charge in [-0.25, -0.2) is 5.43 Å². The minimum absolute atomic E-state index is 0.0102. The molecule has 2 aromatic carbocycles. The molecule has 0 saturated heterocycles. The molecule has 0 aromatic heterocycles. The summed E-state index contributed by atoms with van der Waals surface area (Å²) in [6, 6.07) is 12.1. The molecule has 0 radical (unpaired) electrons. The molecule has 9 heteroatoms. The minimum atomic E-state index is -0.443. The van der Waals surface area contributed by atoms with E-state index in [2.05, 4.69) is 16.6 Å². The smallest absolute Gasteiger partial charge is 0.300 e. The standard InChI is InChI=1S/C21H21N5O3S/c1-21(2)18(23-24-20(27)30-21)15-7-10-17-14(12-15)4-3-11-25(17)19(22)13-5-8-16(9-6-13)26(28)29/h5-10,12,22H,3-4,11H2,1-2H3,(H,24,27). The van der Waals surface area contributed by atoms with E-state index < -0.39 is 9.67 Å². The lowest BCUT2D eigenvalue weighted by molar-refractivity contribution is -0.384. The first kappa shape index (κ1) is 20.1. The molecule has 0 bridgehead atoms. The minimum Gasteiger partial charge on any atom is -0.326 e. The van der Waals surface area contributed by atoms with Crippen LogP contribution in [0.1, 0.15) is 37.0 Å². The zero-order valence-corrected chi connectivity index (χ0v) is 17.5. The Morgan fingerprint density at radius 3 is 2.67 bits per heavy atom. The molecule has 0 atom stereocenters. The van der Waals surface area contributed by atoms with Crippen LogP contribution in [0.2, 0.25) is 0 Å². The van der Waals surface area contributed by atoms with Gasteiger partial charge in [0.2, 0.25) is 0 Å². The van der Waals surface area contributed by atoms with Crippen molar-refractivity contribution in [3.8, 4) is 0 Å². The molecule has 2 aliphatic rings. The predicted molar refractivity (Wildman–Crippen MR) is 119 cm³/mol. The number of hydrogen-bond acceptors (Lipinski definition) is 6. The molecule has 2 heterocycles. The van der Waals surface area contributed by atoms with Gasteiger partial charge in [0.15, 0.2) is 0 Å². The number of nitrogens with one attached hydrogen (secondary N) is 2. The van der Waals surface area contributed by atoms with Gasteiger partial charge in [0.1, 0.15) is 5.84 Å². The summed E-state index contributed by atoms with van der Waals surface area (Å²) in [5.41, 5.74) is 7.04. The molecule has 0 unspecified atom stereocenters. The quantitative estimate of drug-likeness (QED) is 0.331. The van der Waals surface area contributed by atoms with Crippen LogP contribution in [0.5, 0.6) is 0 Å². The maximum Gasteiger partial charge on any atom is 0.300 e. The Hall–Kier alpha value is -3.20. The predicted octanol–water partition coefficient (Wildman–Crippen LogP) is 4.31. The monoisotopic (exact) mass is 423 g/mol. The number of rotatable bonds is 3. The number of nitro benzene ring substituents is 1. The summed E-state index contributed by atoms with van der Waals surface area (Å²) in [4.78, 5) is 24.1. The molecule has 0 fully saturated rings. The van der Waals surface area contributed by atoms with Gasteiger partial charge < -0.3 is 4.90 Å². The average molecular weight is 423 g/mol. The first-order chi connectivity index (χ1) is 14.3. The summed E-state index contributed by atoms with van der Waals surface area (Å²) in [5, 5.41) is 23.7. The van der Waals surface area contributed by atoms with Gasteiger partial charge >= 0.3 is 0 Å². The lowest BCUT2D eigenvalue weighted by Gasteiger charge is -2.33. The number of thioether (sulfide) groups is 1. The van der Waals surface area contributed by atoms with Gasteiger partial charge in [0.05, 0.1) is 15.4 Å². The van der Waals surface area contributed by atoms with Crippen LogP contribution in [0, 0.1) is 15.5 Å². The van der Waals surface area contributed by atoms with E-state index in [0.717, 1.165) is 35.4 Å². The van der Waals surface area contributed by atoms with Gasteiger partial charge in [-0.2, -0.15) is 5.10 Å². The normalized spacial score (nSPS) is 17.6. The first-order valence-electron chi connectivity index (χ1n) is 9.57. The maximum absolute atomic E-state index is 11.7. The highest BCUT2D eigenvalue weighted by Crippen LogP contribution is 2.35. The number of amidine groups is 1. The molecule has 30 heavy (non-hydrogen) atoms. The van der Waals surface area contributed by atoms with E-state index in [9.17, 15) is 14.9 Å². The Balaban J connectivity index is 1.64. The van der Waals surface area contributed by atoms with Crippen LogP contribution in [0.25, 0.3) is 0 Å². The third-order valence-corrected chi connectivity index (χ3v) is 6.25. The van der Waals surface area contributed by atoms with Gasteiger partial charge in [0, 0.05) is 29.9 Å². The SMILES string of the molecule is CC1(C)SC(=O)NN=C1c1ccc2c(c1)CCCN2C(=N)c1ccc([N+](=O)[O-])cc1. The lowest BCUT2D eigenvalue weighted by Crippen LogP contribution is -2.39. The summed E-state index contributed by atoms with van der Waals surface area (Å²) in [7, 11) is 0. The second kappa shape index (κ2) is 7.56. The number of benzene rings is 2. The number of amides is 1. The third-order valence-electron chi connectivity index (χ3n) is 5.27. The number of aryl methyl sites for hydroxylation is 1. The number of hydrazone groups is 1. The lowest BCUT2D eigenvalue weighted by atomic mass is 9.93. The van der Waals surface area contributed by atoms with Crippen molar-refractivity contribution in [3.05, 3.63) is 69.3 Å². The summed E-state index contributed by atoms with van der Waals surface area (Å²) in [6.07, 6.45) is 1.79. The number of fused-ring (bicyclic) bond motifs is 1. The van der Waals surface area contributed by atoms with Crippen LogP contribution < -0.4 is 10.3 Å². The van der Waals surface area contributed by atoms with Crippen LogP contribution in [0.15, 0.2) is 47.6 Å². The number of nitro groups is 1. The van der Waals surface area contributed by atoms with Gasteiger partial charge in [-0.1, -0.05) is 17.8 Å². The van der Waals surface area contributed by atoms with Crippen molar-refractivity contribution in [2.45, 2.75) is 31.4 Å². The van der Waals surface area contributed by atoms with Crippen molar-refractivity contribution < 1.29 is 9.72 Å². The fraction of sp³-hybridized carbons (Fsp3) is 0.286. The Morgan fingerprint density at radius 1 is 1.27 bits per heavy atom. The number of carbonyl (C=O) groups excluding carboxylic acids is 1. The van der Waals surface area contributed by atoms with Gasteiger partial charge in [0.25, 0.3) is 10.9 Å². The molecule has 4 rings (SSSR count). The summed E-state index contributed by atoms with van der Waals surface area (Å²) in [6.45, 7) is 4.66. The molecule has 8 nitrogen and oxygen atoms in total. The summed E-state index contributed by atoms with van der Waals surface area (Å²) < 4.78 is -0.434. The van der Waals surface area contributed by atoms with E-state index >= 15 is 0 Å². The van der Waals surface area contributed by atoms with E-state index in [-0.39, 0.29) is 10.9 Å². The summed E-state index contributed by atoms with van der Waals surface area (Å²) in [5.74, 6) is 0.316. The van der Waals surface area contributed by atoms with Crippen molar-refractivity contribution in [2.24, 2.45) is 5.10 Å². The van der Waals surface area contributed by atoms with Gasteiger partial charge in [-0.3, -0.25) is 20.3 Å². The molecule has 0 aliphatic carbocycles. The maximum atomic E-state index is 11.7. The first-order valence-corrected chi connectivity index (χ1v) is 10.4. The van der Waals surface area contributed by atoms with Crippen LogP contribution in [0.3, 0.4) is 0 Å². The average Bonchev–Trinajstić information content (AvgIpc) is 2.71. The largest absolute Gasteiger partial charge is 0.326 e. The van der Waals surface area contributed by atoms with E-state index in [1.165, 1.54) is 23.9 Å². The highest BCUT2D eigenvalue weighted by atomic mass is 32.2. The van der Waals surface area contributed by atoms with Gasteiger partial charge in [-0.15, -0.1) is 0 Å². The molecule has 2 aromatic rings. The van der Waals surface area contributed by atoms with Crippen LogP contribution >= 0.6 is 11.8 Å². The van der Waals surface area contributed by atoms with Crippen molar-refractivity contribution in [3.63, 3.8) is 0 Å². The fourth-order valence-electron chi connectivity index (χ4n) is 3.82. The Kier molecular flexibility index (Phi) is 5.07. The van der Waals surface area contributed by atoms with Crippen molar-refractivity contribution in [1.82, 2.24) is 5.43 Å². The molecule has 2 N–H and O–H groups in total. The Bertz CT molecular complexity index is 1080. The van der Waals surface area contributed by atoms with E-state index in [1.54, 1.807) is 12.1 Å². The molecule has 154 valence electrons. The Morgan fingerprint density at radius 2 is 2.00 bits per heavy atom. The molecular formula is C21H21N5O3S. The number of non-ortho nitro benzene ring substituents is 1. The molecule has 1 amide bonds. The molecule has 0 saturated carbocycles. The van der Waals surface area contributed by atoms with Crippen LogP contribution in [-0.2, 0) is 6.42 Å². The number of anilines is 1. The zero-order chi connectivity index (χ0) is 21.5. The topological polar surface area (TPSA) is 112 Å². The highest BCUT2D eigenvalue weighted by molar-refractivity contribution is 8.15. The van der Waals surface area contributed by atoms with Crippen molar-refractivity contribution in [2.75, 3.05) is 11.4 Å². The third kappa shape index (κ3) is 3.68. The summed E-state index contributed by atoms with van der Waals surface area (Å²) >= 11 is 1.22. The fourth-order valence-corrected chi connectivity index (χ4v) is 4.64. The Labute approximate surface area is 178 Å². The second-order valence-corrected chi connectivity index (χ2v) is 9.32. The molecular weight excluding hydrogens is 402 g/mol. The molecule has 0 spiro atoms. The number of hydrogen-bond donors (Lipinski definition) is 2. The zero-order valence-electron chi connectivity index (χ0n) is 16.6.